The van der Waals surface area contributed by atoms with Crippen LogP contribution in [0.3, 0.4) is 0 Å². The van der Waals surface area contributed by atoms with E-state index in [1.165, 1.54) is 11.2 Å². The number of hydrogen-bond donors (Lipinski definition) is 2. The molecule has 112 valence electrons. The van der Waals surface area contributed by atoms with Gasteiger partial charge in [-0.2, -0.15) is 21.2 Å². The molecule has 7 nitrogen and oxygen atoms in total. The predicted octanol–water partition coefficient (Wildman–Crippen LogP) is 0.931. The highest BCUT2D eigenvalue weighted by Crippen LogP contribution is 2.30. The number of rotatable bonds is 3. The van der Waals surface area contributed by atoms with Gasteiger partial charge in [-0.05, 0) is 6.92 Å². The molecule has 0 aliphatic carbocycles. The summed E-state index contributed by atoms with van der Waals surface area (Å²) in [4.78, 5) is 10.9. The smallest absolute Gasteiger partial charge is 0.357 e. The standard InChI is InChI=1S/C11H17N3O4S2/c1-6-4-14(5-7(2)19-6)20(17,18)10-8(3)12-13-9(10)11(15)16/h6-7H,4-5H2,1-3H3,(H,12,13)(H,15,16). The fourth-order valence-corrected chi connectivity index (χ4v) is 5.76. The minimum absolute atomic E-state index is 0.175. The first-order valence-corrected chi connectivity index (χ1v) is 8.55. The van der Waals surface area contributed by atoms with Gasteiger partial charge in [0.05, 0.1) is 5.69 Å². The minimum atomic E-state index is -3.85. The molecule has 1 aliphatic heterocycles. The van der Waals surface area contributed by atoms with Crippen LogP contribution < -0.4 is 0 Å². The van der Waals surface area contributed by atoms with Gasteiger partial charge in [0.2, 0.25) is 10.0 Å². The molecule has 0 amide bonds. The van der Waals surface area contributed by atoms with E-state index in [9.17, 15) is 13.2 Å². The van der Waals surface area contributed by atoms with Gasteiger partial charge in [-0.3, -0.25) is 5.10 Å². The number of nitrogens with one attached hydrogen (secondary N) is 1. The van der Waals surface area contributed by atoms with Crippen LogP contribution in [0.4, 0.5) is 0 Å². The lowest BCUT2D eigenvalue weighted by molar-refractivity contribution is 0.0686. The molecule has 9 heteroatoms. The van der Waals surface area contributed by atoms with E-state index in [1.807, 2.05) is 13.8 Å². The van der Waals surface area contributed by atoms with Gasteiger partial charge in [-0.25, -0.2) is 13.2 Å². The van der Waals surface area contributed by atoms with Gasteiger partial charge in [-0.1, -0.05) is 13.8 Å². The second-order valence-corrected chi connectivity index (χ2v) is 8.67. The number of aromatic carboxylic acids is 1. The second kappa shape index (κ2) is 5.38. The van der Waals surface area contributed by atoms with Gasteiger partial charge in [0, 0.05) is 23.6 Å². The van der Waals surface area contributed by atoms with E-state index in [-0.39, 0.29) is 21.1 Å². The van der Waals surface area contributed by atoms with Crippen LogP contribution in [0.1, 0.15) is 30.0 Å². The Bertz CT molecular complexity index is 616. The molecule has 2 rings (SSSR count). The topological polar surface area (TPSA) is 103 Å². The van der Waals surface area contributed by atoms with E-state index in [0.717, 1.165) is 0 Å². The molecule has 1 saturated heterocycles. The van der Waals surface area contributed by atoms with Crippen molar-refractivity contribution in [1.29, 1.82) is 0 Å². The molecule has 1 aromatic rings. The van der Waals surface area contributed by atoms with Crippen molar-refractivity contribution in [3.63, 3.8) is 0 Å². The van der Waals surface area contributed by atoms with Crippen molar-refractivity contribution in [2.24, 2.45) is 0 Å². The Morgan fingerprint density at radius 2 is 1.95 bits per heavy atom. The summed E-state index contributed by atoms with van der Waals surface area (Å²) in [7, 11) is -3.85. The summed E-state index contributed by atoms with van der Waals surface area (Å²) in [6.45, 7) is 6.19. The first kappa shape index (κ1) is 15.3. The zero-order chi connectivity index (χ0) is 15.1. The number of aryl methyl sites for hydroxylation is 1. The number of carboxylic acid groups (broad SMARTS) is 1. The first-order valence-electron chi connectivity index (χ1n) is 6.17. The Labute approximate surface area is 121 Å². The Kier molecular flexibility index (Phi) is 4.12. The molecule has 2 atom stereocenters. The Hall–Kier alpha value is -1.06. The Morgan fingerprint density at radius 3 is 2.45 bits per heavy atom. The maximum absolute atomic E-state index is 12.7. The molecule has 20 heavy (non-hydrogen) atoms. The van der Waals surface area contributed by atoms with Crippen molar-refractivity contribution in [2.75, 3.05) is 13.1 Å². The molecular weight excluding hydrogens is 302 g/mol. The lowest BCUT2D eigenvalue weighted by Crippen LogP contribution is -2.44. The maximum Gasteiger partial charge on any atom is 0.357 e. The molecule has 1 aromatic heterocycles. The van der Waals surface area contributed by atoms with Gasteiger partial charge in [-0.15, -0.1) is 0 Å². The number of carbonyl (C=O) groups is 1. The van der Waals surface area contributed by atoms with Crippen LogP contribution in [0.2, 0.25) is 0 Å². The lowest BCUT2D eigenvalue weighted by atomic mass is 10.4. The van der Waals surface area contributed by atoms with Crippen LogP contribution >= 0.6 is 11.8 Å². The predicted molar refractivity (Wildman–Crippen MR) is 75.6 cm³/mol. The molecule has 1 fully saturated rings. The van der Waals surface area contributed by atoms with E-state index < -0.39 is 21.7 Å². The third-order valence-electron chi connectivity index (χ3n) is 3.08. The number of aromatic nitrogens is 2. The van der Waals surface area contributed by atoms with Gasteiger partial charge in [0.1, 0.15) is 4.90 Å². The third-order valence-corrected chi connectivity index (χ3v) is 6.30. The van der Waals surface area contributed by atoms with Crippen LogP contribution in [0, 0.1) is 6.92 Å². The number of aromatic amines is 1. The van der Waals surface area contributed by atoms with Crippen molar-refractivity contribution < 1.29 is 18.3 Å². The van der Waals surface area contributed by atoms with Gasteiger partial charge in [0.15, 0.2) is 5.69 Å². The number of nitrogens with zero attached hydrogens (tertiary/aromatic N) is 2. The molecule has 2 heterocycles. The van der Waals surface area contributed by atoms with E-state index in [1.54, 1.807) is 11.8 Å². The van der Waals surface area contributed by atoms with Crippen molar-refractivity contribution in [1.82, 2.24) is 14.5 Å². The number of thioether (sulfide) groups is 1. The summed E-state index contributed by atoms with van der Waals surface area (Å²) in [6.07, 6.45) is 0. The summed E-state index contributed by atoms with van der Waals surface area (Å²) < 4.78 is 26.7. The molecule has 1 aliphatic rings. The molecule has 0 saturated carbocycles. The molecule has 0 aromatic carbocycles. The van der Waals surface area contributed by atoms with E-state index in [2.05, 4.69) is 10.2 Å². The van der Waals surface area contributed by atoms with E-state index in [4.69, 9.17) is 5.11 Å². The Morgan fingerprint density at radius 1 is 1.40 bits per heavy atom. The quantitative estimate of drug-likeness (QED) is 0.859. The molecule has 2 unspecified atom stereocenters. The number of sulfonamides is 1. The van der Waals surface area contributed by atoms with Crippen LogP contribution in [-0.2, 0) is 10.0 Å². The Balaban J connectivity index is 2.45. The summed E-state index contributed by atoms with van der Waals surface area (Å²) in [6, 6.07) is 0. The van der Waals surface area contributed by atoms with Crippen molar-refractivity contribution >= 4 is 27.8 Å². The summed E-state index contributed by atoms with van der Waals surface area (Å²) in [5, 5.41) is 15.4. The monoisotopic (exact) mass is 319 g/mol. The number of hydrogen-bond acceptors (Lipinski definition) is 5. The average molecular weight is 319 g/mol. The molecule has 2 N–H and O–H groups in total. The summed E-state index contributed by atoms with van der Waals surface area (Å²) in [5.74, 6) is -1.35. The highest BCUT2D eigenvalue weighted by molar-refractivity contribution is 8.00. The van der Waals surface area contributed by atoms with Crippen molar-refractivity contribution in [2.45, 2.75) is 36.2 Å². The molecule has 0 spiro atoms. The van der Waals surface area contributed by atoms with Crippen LogP contribution in [0.5, 0.6) is 0 Å². The second-order valence-electron chi connectivity index (χ2n) is 4.91. The maximum atomic E-state index is 12.7. The SMILES string of the molecule is Cc1[nH]nc(C(=O)O)c1S(=O)(=O)N1CC(C)SC(C)C1. The first-order chi connectivity index (χ1) is 9.23. The summed E-state index contributed by atoms with van der Waals surface area (Å²) >= 11 is 1.73. The van der Waals surface area contributed by atoms with Crippen molar-refractivity contribution in [3.8, 4) is 0 Å². The van der Waals surface area contributed by atoms with Gasteiger partial charge < -0.3 is 5.11 Å². The third kappa shape index (κ3) is 2.70. The van der Waals surface area contributed by atoms with Crippen LogP contribution in [-0.4, -0.2) is 57.6 Å². The molecular formula is C11H17N3O4S2. The number of H-pyrrole nitrogens is 1. The van der Waals surface area contributed by atoms with Gasteiger partial charge >= 0.3 is 5.97 Å². The highest BCUT2D eigenvalue weighted by atomic mass is 32.2. The van der Waals surface area contributed by atoms with Crippen LogP contribution in [0.15, 0.2) is 4.90 Å². The average Bonchev–Trinajstić information content (AvgIpc) is 2.70. The lowest BCUT2D eigenvalue weighted by Gasteiger charge is -2.33. The molecule has 0 bridgehead atoms. The zero-order valence-electron chi connectivity index (χ0n) is 11.5. The van der Waals surface area contributed by atoms with E-state index >= 15 is 0 Å². The van der Waals surface area contributed by atoms with Gasteiger partial charge in [0.25, 0.3) is 0 Å². The molecule has 0 radical (unpaired) electrons. The largest absolute Gasteiger partial charge is 0.476 e. The number of carboxylic acids is 1. The zero-order valence-corrected chi connectivity index (χ0v) is 13.1. The minimum Gasteiger partial charge on any atom is -0.476 e. The fourth-order valence-electron chi connectivity index (χ4n) is 2.34. The highest BCUT2D eigenvalue weighted by Gasteiger charge is 2.37. The van der Waals surface area contributed by atoms with Crippen molar-refractivity contribution in [3.05, 3.63) is 11.4 Å². The normalized spacial score (nSPS) is 24.8. The fraction of sp³-hybridized carbons (Fsp3) is 0.636. The van der Waals surface area contributed by atoms with E-state index in [0.29, 0.717) is 13.1 Å². The summed E-state index contributed by atoms with van der Waals surface area (Å²) in [5.41, 5.74) is -0.193. The van der Waals surface area contributed by atoms with Crippen LogP contribution in [0.25, 0.3) is 0 Å².